The van der Waals surface area contributed by atoms with Crippen LogP contribution in [-0.4, -0.2) is 6.54 Å². The van der Waals surface area contributed by atoms with Gasteiger partial charge in [0, 0.05) is 16.3 Å². The van der Waals surface area contributed by atoms with Crippen molar-refractivity contribution in [3.8, 4) is 6.07 Å². The minimum absolute atomic E-state index is 0.206. The summed E-state index contributed by atoms with van der Waals surface area (Å²) in [7, 11) is 0. The molecule has 4 heteroatoms. The Hall–Kier alpha value is -1.15. The molecule has 0 spiro atoms. The standard InChI is InChI=1S/C14H16N2S2/c1-14(2,9-15)10-16-13(11-5-3-7-17-11)12-6-4-8-18-12/h3-8,13,16H,10H2,1-2H3. The van der Waals surface area contributed by atoms with Crippen molar-refractivity contribution in [2.75, 3.05) is 6.54 Å². The summed E-state index contributed by atoms with van der Waals surface area (Å²) in [5.41, 5.74) is -0.341. The highest BCUT2D eigenvalue weighted by Gasteiger charge is 2.21. The third-order valence-corrected chi connectivity index (χ3v) is 4.58. The van der Waals surface area contributed by atoms with E-state index in [1.165, 1.54) is 9.75 Å². The van der Waals surface area contributed by atoms with Gasteiger partial charge in [-0.3, -0.25) is 0 Å². The highest BCUT2D eigenvalue weighted by Crippen LogP contribution is 2.29. The number of thiophene rings is 2. The summed E-state index contributed by atoms with van der Waals surface area (Å²) >= 11 is 3.50. The zero-order chi connectivity index (χ0) is 13.0. The normalized spacial score (nSPS) is 11.7. The van der Waals surface area contributed by atoms with Gasteiger partial charge in [-0.2, -0.15) is 5.26 Å². The molecular weight excluding hydrogens is 260 g/mol. The van der Waals surface area contributed by atoms with Crippen molar-refractivity contribution in [2.45, 2.75) is 19.9 Å². The molecule has 2 nitrogen and oxygen atoms in total. The number of hydrogen-bond donors (Lipinski definition) is 1. The number of nitrogens with zero attached hydrogens (tertiary/aromatic N) is 1. The van der Waals surface area contributed by atoms with Crippen molar-refractivity contribution in [1.82, 2.24) is 5.32 Å². The lowest BCUT2D eigenvalue weighted by Crippen LogP contribution is -2.31. The maximum Gasteiger partial charge on any atom is 0.0765 e. The smallest absolute Gasteiger partial charge is 0.0765 e. The van der Waals surface area contributed by atoms with Crippen LogP contribution in [0.1, 0.15) is 29.6 Å². The van der Waals surface area contributed by atoms with Gasteiger partial charge in [0.25, 0.3) is 0 Å². The Morgan fingerprint density at radius 1 is 1.22 bits per heavy atom. The van der Waals surface area contributed by atoms with E-state index < -0.39 is 0 Å². The Morgan fingerprint density at radius 3 is 2.17 bits per heavy atom. The van der Waals surface area contributed by atoms with Gasteiger partial charge in [0.05, 0.1) is 17.5 Å². The molecule has 0 saturated carbocycles. The molecule has 0 aromatic carbocycles. The fourth-order valence-corrected chi connectivity index (χ4v) is 3.36. The molecule has 2 rings (SSSR count). The van der Waals surface area contributed by atoms with E-state index >= 15 is 0 Å². The first-order valence-corrected chi connectivity index (χ1v) is 7.60. The van der Waals surface area contributed by atoms with E-state index in [0.29, 0.717) is 6.54 Å². The van der Waals surface area contributed by atoms with Crippen LogP contribution < -0.4 is 5.32 Å². The predicted molar refractivity (Wildman–Crippen MR) is 77.9 cm³/mol. The molecule has 2 aromatic rings. The van der Waals surface area contributed by atoms with Crippen molar-refractivity contribution in [2.24, 2.45) is 5.41 Å². The van der Waals surface area contributed by atoms with Crippen LogP contribution in [0.15, 0.2) is 35.0 Å². The fraction of sp³-hybridized carbons (Fsp3) is 0.357. The van der Waals surface area contributed by atoms with Gasteiger partial charge in [-0.25, -0.2) is 0 Å². The van der Waals surface area contributed by atoms with E-state index in [0.717, 1.165) is 0 Å². The second kappa shape index (κ2) is 5.66. The quantitative estimate of drug-likeness (QED) is 0.894. The summed E-state index contributed by atoms with van der Waals surface area (Å²) in [5, 5.41) is 16.8. The molecule has 18 heavy (non-hydrogen) atoms. The molecule has 0 amide bonds. The van der Waals surface area contributed by atoms with Gasteiger partial charge >= 0.3 is 0 Å². The summed E-state index contributed by atoms with van der Waals surface area (Å²) < 4.78 is 0. The Morgan fingerprint density at radius 2 is 1.78 bits per heavy atom. The molecule has 0 atom stereocenters. The second-order valence-corrected chi connectivity index (χ2v) is 6.80. The molecule has 0 aliphatic rings. The van der Waals surface area contributed by atoms with Crippen molar-refractivity contribution < 1.29 is 0 Å². The lowest BCUT2D eigenvalue weighted by Gasteiger charge is -2.21. The molecule has 1 N–H and O–H groups in total. The maximum absolute atomic E-state index is 9.08. The van der Waals surface area contributed by atoms with Gasteiger partial charge in [0.15, 0.2) is 0 Å². The average Bonchev–Trinajstić information content (AvgIpc) is 3.01. The van der Waals surface area contributed by atoms with Crippen LogP contribution in [-0.2, 0) is 0 Å². The van der Waals surface area contributed by atoms with Crippen LogP contribution in [0.5, 0.6) is 0 Å². The molecule has 0 aliphatic carbocycles. The fourth-order valence-electron chi connectivity index (χ4n) is 1.65. The van der Waals surface area contributed by atoms with Crippen molar-refractivity contribution in [3.05, 3.63) is 44.8 Å². The first-order valence-electron chi connectivity index (χ1n) is 5.84. The van der Waals surface area contributed by atoms with E-state index in [1.807, 2.05) is 13.8 Å². The summed E-state index contributed by atoms with van der Waals surface area (Å²) in [6, 6.07) is 11.0. The Kier molecular flexibility index (Phi) is 4.18. The minimum Gasteiger partial charge on any atom is -0.303 e. The highest BCUT2D eigenvalue weighted by atomic mass is 32.1. The number of hydrogen-bond acceptors (Lipinski definition) is 4. The molecule has 94 valence electrons. The molecule has 2 aromatic heterocycles. The van der Waals surface area contributed by atoms with Crippen LogP contribution in [0.2, 0.25) is 0 Å². The summed E-state index contributed by atoms with van der Waals surface area (Å²) in [4.78, 5) is 2.59. The summed E-state index contributed by atoms with van der Waals surface area (Å²) in [5.74, 6) is 0. The van der Waals surface area contributed by atoms with Gasteiger partial charge < -0.3 is 5.32 Å². The molecule has 0 unspecified atom stereocenters. The van der Waals surface area contributed by atoms with E-state index in [2.05, 4.69) is 46.4 Å². The topological polar surface area (TPSA) is 35.8 Å². The largest absolute Gasteiger partial charge is 0.303 e. The monoisotopic (exact) mass is 276 g/mol. The zero-order valence-corrected chi connectivity index (χ0v) is 12.1. The van der Waals surface area contributed by atoms with E-state index in [4.69, 9.17) is 5.26 Å². The number of nitrogens with one attached hydrogen (secondary N) is 1. The molecule has 2 heterocycles. The van der Waals surface area contributed by atoms with Crippen LogP contribution in [0.3, 0.4) is 0 Å². The highest BCUT2D eigenvalue weighted by molar-refractivity contribution is 7.11. The van der Waals surface area contributed by atoms with Gasteiger partial charge in [0.2, 0.25) is 0 Å². The minimum atomic E-state index is -0.341. The number of nitriles is 1. The predicted octanol–water partition coefficient (Wildman–Crippen LogP) is 4.04. The van der Waals surface area contributed by atoms with E-state index in [-0.39, 0.29) is 11.5 Å². The van der Waals surface area contributed by atoms with Crippen molar-refractivity contribution in [3.63, 3.8) is 0 Å². The van der Waals surface area contributed by atoms with Gasteiger partial charge in [-0.05, 0) is 36.7 Å². The maximum atomic E-state index is 9.08. The Labute approximate surface area is 116 Å². The van der Waals surface area contributed by atoms with Gasteiger partial charge in [-0.1, -0.05) is 12.1 Å². The summed E-state index contributed by atoms with van der Waals surface area (Å²) in [6.07, 6.45) is 0. The first-order chi connectivity index (χ1) is 8.62. The lowest BCUT2D eigenvalue weighted by atomic mass is 9.95. The Bertz CT molecular complexity index is 472. The molecular formula is C14H16N2S2. The molecule has 0 radical (unpaired) electrons. The van der Waals surface area contributed by atoms with Crippen molar-refractivity contribution in [1.29, 1.82) is 5.26 Å². The molecule has 0 bridgehead atoms. The van der Waals surface area contributed by atoms with Crippen molar-refractivity contribution >= 4 is 22.7 Å². The summed E-state index contributed by atoms with van der Waals surface area (Å²) in [6.45, 7) is 4.60. The van der Waals surface area contributed by atoms with E-state index in [9.17, 15) is 0 Å². The molecule has 0 fully saturated rings. The van der Waals surface area contributed by atoms with Crippen LogP contribution in [0.25, 0.3) is 0 Å². The van der Waals surface area contributed by atoms with Crippen LogP contribution in [0.4, 0.5) is 0 Å². The lowest BCUT2D eigenvalue weighted by molar-refractivity contribution is 0.428. The second-order valence-electron chi connectivity index (χ2n) is 4.84. The van der Waals surface area contributed by atoms with Crippen LogP contribution in [0, 0.1) is 16.7 Å². The van der Waals surface area contributed by atoms with Crippen LogP contribution >= 0.6 is 22.7 Å². The molecule has 0 saturated heterocycles. The zero-order valence-electron chi connectivity index (χ0n) is 10.5. The average molecular weight is 276 g/mol. The number of rotatable bonds is 5. The third-order valence-electron chi connectivity index (χ3n) is 2.71. The third kappa shape index (κ3) is 3.20. The molecule has 0 aliphatic heterocycles. The van der Waals surface area contributed by atoms with Gasteiger partial charge in [0.1, 0.15) is 0 Å². The first kappa shape index (κ1) is 13.3. The SMILES string of the molecule is CC(C)(C#N)CNC(c1cccs1)c1cccs1. The van der Waals surface area contributed by atoms with Gasteiger partial charge in [-0.15, -0.1) is 22.7 Å². The van der Waals surface area contributed by atoms with E-state index in [1.54, 1.807) is 22.7 Å². The Balaban J connectivity index is 2.15.